The fourth-order valence-corrected chi connectivity index (χ4v) is 6.09. The number of nitrogens with zero attached hydrogens (tertiary/aromatic N) is 8. The van der Waals surface area contributed by atoms with E-state index in [1.807, 2.05) is 12.3 Å². The molecular formula is C26H32N10O2. The minimum atomic E-state index is 0.0750. The second-order valence-corrected chi connectivity index (χ2v) is 10.8. The van der Waals surface area contributed by atoms with E-state index in [0.717, 1.165) is 79.7 Å². The molecule has 2 saturated heterocycles. The number of fused-ring (bicyclic) bond motifs is 2. The summed E-state index contributed by atoms with van der Waals surface area (Å²) < 4.78 is 11.5. The Hall–Kier alpha value is -3.77. The third-order valence-corrected chi connectivity index (χ3v) is 8.53. The standard InChI is InChI=1S/C26H32N10O2/c1-15-22(27)26(14-37-15)6-8-35(9-7-26)20-13-28-21-23(29-20)31-32-24(21)36-11-10-34(3)19-12-17(4-5-18(19)36)25-33-30-16(2)38-25/h4-5,12-13,15,22H,6-11,14,27H2,1-3H3,(H,29,31,32)/t15-,22+/m0/s1. The average Bonchev–Trinajstić information content (AvgIpc) is 3.64. The van der Waals surface area contributed by atoms with Crippen molar-refractivity contribution >= 4 is 34.2 Å². The highest BCUT2D eigenvalue weighted by molar-refractivity contribution is 5.91. The molecule has 12 nitrogen and oxygen atoms in total. The monoisotopic (exact) mass is 516 g/mol. The van der Waals surface area contributed by atoms with Crippen LogP contribution in [0.25, 0.3) is 22.6 Å². The maximum atomic E-state index is 6.50. The van der Waals surface area contributed by atoms with Crippen molar-refractivity contribution in [3.05, 3.63) is 30.3 Å². The van der Waals surface area contributed by atoms with Gasteiger partial charge in [0.05, 0.1) is 30.3 Å². The van der Waals surface area contributed by atoms with Crippen LogP contribution >= 0.6 is 0 Å². The van der Waals surface area contributed by atoms with E-state index in [1.54, 1.807) is 6.92 Å². The van der Waals surface area contributed by atoms with Gasteiger partial charge in [-0.3, -0.25) is 5.10 Å². The number of aromatic nitrogens is 6. The number of rotatable bonds is 3. The van der Waals surface area contributed by atoms with Gasteiger partial charge in [-0.25, -0.2) is 9.97 Å². The molecule has 2 fully saturated rings. The number of hydrogen-bond acceptors (Lipinski definition) is 11. The van der Waals surface area contributed by atoms with Crippen LogP contribution < -0.4 is 20.4 Å². The third-order valence-electron chi connectivity index (χ3n) is 8.53. The topological polar surface area (TPSA) is 138 Å². The molecule has 4 aromatic rings. The first kappa shape index (κ1) is 23.4. The normalized spacial score (nSPS) is 23.0. The van der Waals surface area contributed by atoms with Gasteiger partial charge >= 0.3 is 0 Å². The third kappa shape index (κ3) is 3.62. The van der Waals surface area contributed by atoms with Gasteiger partial charge in [0, 0.05) is 57.2 Å². The zero-order chi connectivity index (χ0) is 26.0. The van der Waals surface area contributed by atoms with Gasteiger partial charge < -0.3 is 29.6 Å². The molecule has 1 aromatic carbocycles. The summed E-state index contributed by atoms with van der Waals surface area (Å²) in [5.41, 5.74) is 11.0. The lowest BCUT2D eigenvalue weighted by Gasteiger charge is -2.41. The number of hydrogen-bond donors (Lipinski definition) is 2. The molecular weight excluding hydrogens is 484 g/mol. The van der Waals surface area contributed by atoms with Crippen molar-refractivity contribution in [1.29, 1.82) is 0 Å². The molecule has 0 saturated carbocycles. The fraction of sp³-hybridized carbons (Fsp3) is 0.500. The van der Waals surface area contributed by atoms with Crippen molar-refractivity contribution in [1.82, 2.24) is 30.4 Å². The fourth-order valence-electron chi connectivity index (χ4n) is 6.09. The highest BCUT2D eigenvalue weighted by atomic mass is 16.5. The molecule has 38 heavy (non-hydrogen) atoms. The molecule has 3 N–H and O–H groups in total. The van der Waals surface area contributed by atoms with Crippen molar-refractivity contribution in [3.8, 4) is 11.5 Å². The quantitative estimate of drug-likeness (QED) is 0.415. The summed E-state index contributed by atoms with van der Waals surface area (Å²) in [6.45, 7) is 8.01. The number of piperidine rings is 1. The molecule has 12 heteroatoms. The minimum absolute atomic E-state index is 0.0750. The zero-order valence-corrected chi connectivity index (χ0v) is 21.9. The van der Waals surface area contributed by atoms with Crippen molar-refractivity contribution in [2.75, 3.05) is 54.5 Å². The van der Waals surface area contributed by atoms with Crippen LogP contribution in [0.2, 0.25) is 0 Å². The van der Waals surface area contributed by atoms with Crippen LogP contribution in [0.1, 0.15) is 25.7 Å². The number of anilines is 4. The number of ether oxygens (including phenoxy) is 1. The summed E-state index contributed by atoms with van der Waals surface area (Å²) >= 11 is 0. The Kier molecular flexibility index (Phi) is 5.31. The van der Waals surface area contributed by atoms with E-state index < -0.39 is 0 Å². The Morgan fingerprint density at radius 2 is 1.95 bits per heavy atom. The van der Waals surface area contributed by atoms with Crippen LogP contribution in [0.15, 0.2) is 28.8 Å². The van der Waals surface area contributed by atoms with E-state index in [2.05, 4.69) is 61.2 Å². The second kappa shape index (κ2) is 8.63. The predicted octanol–water partition coefficient (Wildman–Crippen LogP) is 2.63. The van der Waals surface area contributed by atoms with Crippen LogP contribution in [0.4, 0.5) is 23.0 Å². The Morgan fingerprint density at radius 1 is 1.11 bits per heavy atom. The molecule has 0 radical (unpaired) electrons. The predicted molar refractivity (Wildman–Crippen MR) is 144 cm³/mol. The van der Waals surface area contributed by atoms with Crippen molar-refractivity contribution in [3.63, 3.8) is 0 Å². The molecule has 1 spiro atoms. The van der Waals surface area contributed by atoms with Crippen LogP contribution in [-0.2, 0) is 4.74 Å². The van der Waals surface area contributed by atoms with Gasteiger partial charge in [0.1, 0.15) is 5.82 Å². The molecule has 0 unspecified atom stereocenters. The highest BCUT2D eigenvalue weighted by Gasteiger charge is 2.47. The SMILES string of the molecule is Cc1nnc(-c2ccc3c(c2)N(C)CCN3c2n[nH]c3nc(N4CCC5(CC4)CO[C@@H](C)[C@H]5N)cnc23)o1. The molecule has 3 aliphatic rings. The summed E-state index contributed by atoms with van der Waals surface area (Å²) in [5, 5.41) is 15.9. The van der Waals surface area contributed by atoms with E-state index in [-0.39, 0.29) is 17.6 Å². The lowest BCUT2D eigenvalue weighted by Crippen LogP contribution is -2.50. The number of likely N-dealkylation sites (N-methyl/N-ethyl adjacent to an activating group) is 1. The van der Waals surface area contributed by atoms with Crippen LogP contribution in [0, 0.1) is 12.3 Å². The first-order chi connectivity index (χ1) is 18.4. The Morgan fingerprint density at radius 3 is 2.68 bits per heavy atom. The van der Waals surface area contributed by atoms with Crippen molar-refractivity contribution < 1.29 is 9.15 Å². The minimum Gasteiger partial charge on any atom is -0.421 e. The molecule has 0 bridgehead atoms. The smallest absolute Gasteiger partial charge is 0.247 e. The van der Waals surface area contributed by atoms with Crippen LogP contribution in [-0.4, -0.2) is 82.3 Å². The molecule has 0 aliphatic carbocycles. The Balaban J connectivity index is 1.15. The second-order valence-electron chi connectivity index (χ2n) is 10.8. The molecule has 3 aromatic heterocycles. The van der Waals surface area contributed by atoms with Gasteiger partial charge in [0.15, 0.2) is 17.0 Å². The first-order valence-corrected chi connectivity index (χ1v) is 13.2. The van der Waals surface area contributed by atoms with E-state index in [1.165, 1.54) is 0 Å². The van der Waals surface area contributed by atoms with Gasteiger partial charge in [0.2, 0.25) is 11.8 Å². The van der Waals surface area contributed by atoms with Crippen LogP contribution in [0.3, 0.4) is 0 Å². The van der Waals surface area contributed by atoms with E-state index >= 15 is 0 Å². The number of H-pyrrole nitrogens is 1. The van der Waals surface area contributed by atoms with Crippen molar-refractivity contribution in [2.45, 2.75) is 38.8 Å². The van der Waals surface area contributed by atoms with Gasteiger partial charge in [-0.2, -0.15) is 5.10 Å². The molecule has 6 heterocycles. The molecule has 7 rings (SSSR count). The van der Waals surface area contributed by atoms with E-state index in [9.17, 15) is 0 Å². The lowest BCUT2D eigenvalue weighted by atomic mass is 9.73. The number of nitrogens with two attached hydrogens (primary N) is 1. The summed E-state index contributed by atoms with van der Waals surface area (Å²) in [5.74, 6) is 2.69. The largest absolute Gasteiger partial charge is 0.421 e. The van der Waals surface area contributed by atoms with Gasteiger partial charge in [-0.15, -0.1) is 10.2 Å². The van der Waals surface area contributed by atoms with Crippen LogP contribution in [0.5, 0.6) is 0 Å². The van der Waals surface area contributed by atoms with Gasteiger partial charge in [-0.05, 0) is 38.0 Å². The lowest BCUT2D eigenvalue weighted by molar-refractivity contribution is 0.0974. The summed E-state index contributed by atoms with van der Waals surface area (Å²) in [7, 11) is 2.09. The van der Waals surface area contributed by atoms with E-state index in [4.69, 9.17) is 24.9 Å². The summed E-state index contributed by atoms with van der Waals surface area (Å²) in [6.07, 6.45) is 3.98. The highest BCUT2D eigenvalue weighted by Crippen LogP contribution is 2.43. The maximum Gasteiger partial charge on any atom is 0.247 e. The number of aryl methyl sites for hydroxylation is 1. The molecule has 198 valence electrons. The number of aromatic amines is 1. The zero-order valence-electron chi connectivity index (χ0n) is 21.9. The first-order valence-electron chi connectivity index (χ1n) is 13.2. The maximum absolute atomic E-state index is 6.50. The summed E-state index contributed by atoms with van der Waals surface area (Å²) in [6, 6.07) is 6.25. The average molecular weight is 517 g/mol. The van der Waals surface area contributed by atoms with Gasteiger partial charge in [-0.1, -0.05) is 0 Å². The Bertz CT molecular complexity index is 1490. The number of nitrogens with one attached hydrogen (secondary N) is 1. The van der Waals surface area contributed by atoms with Crippen molar-refractivity contribution in [2.24, 2.45) is 11.1 Å². The number of benzene rings is 1. The van der Waals surface area contributed by atoms with Gasteiger partial charge in [0.25, 0.3) is 0 Å². The molecule has 3 aliphatic heterocycles. The molecule has 0 amide bonds. The Labute approximate surface area is 220 Å². The molecule has 2 atom stereocenters. The van der Waals surface area contributed by atoms with E-state index in [0.29, 0.717) is 17.4 Å². The summed E-state index contributed by atoms with van der Waals surface area (Å²) in [4.78, 5) is 16.4.